The lowest BCUT2D eigenvalue weighted by molar-refractivity contribution is -0.277. The Bertz CT molecular complexity index is 1990. The van der Waals surface area contributed by atoms with Crippen LogP contribution in [-0.2, 0) is 9.53 Å². The number of aliphatic hydroxyl groups excluding tert-OH is 4. The minimum absolute atomic E-state index is 0.0339. The second-order valence-corrected chi connectivity index (χ2v) is 14.0. The fraction of sp³-hybridized carbons (Fsp3) is 0.366. The van der Waals surface area contributed by atoms with Gasteiger partial charge in [-0.05, 0) is 74.3 Å². The maximum atomic E-state index is 13.4. The van der Waals surface area contributed by atoms with E-state index in [1.54, 1.807) is 19.1 Å². The maximum absolute atomic E-state index is 13.4. The van der Waals surface area contributed by atoms with Crippen molar-refractivity contribution in [1.82, 2.24) is 0 Å². The number of hydrogen-bond acceptors (Lipinski definition) is 11. The number of phenols is 1. The number of allylic oxidation sites excluding steroid dienone is 9. The van der Waals surface area contributed by atoms with Gasteiger partial charge in [0.2, 0.25) is 11.7 Å². The first-order chi connectivity index (χ1) is 24.7. The Labute approximate surface area is 302 Å². The van der Waals surface area contributed by atoms with Gasteiger partial charge in [-0.2, -0.15) is 0 Å². The Balaban J connectivity index is 1.22. The van der Waals surface area contributed by atoms with Crippen LogP contribution in [0.15, 0.2) is 111 Å². The fourth-order valence-corrected chi connectivity index (χ4v) is 6.49. The van der Waals surface area contributed by atoms with Gasteiger partial charge < -0.3 is 44.2 Å². The quantitative estimate of drug-likeness (QED) is 0.0745. The molecule has 1 saturated heterocycles. The van der Waals surface area contributed by atoms with Crippen molar-refractivity contribution in [2.24, 2.45) is 5.41 Å². The first kappa shape index (κ1) is 38.5. The van der Waals surface area contributed by atoms with Crippen LogP contribution in [0.3, 0.4) is 0 Å². The summed E-state index contributed by atoms with van der Waals surface area (Å²) in [6, 6.07) is 8.65. The van der Waals surface area contributed by atoms with Crippen LogP contribution in [0.5, 0.6) is 17.2 Å². The molecule has 0 saturated carbocycles. The van der Waals surface area contributed by atoms with Crippen LogP contribution in [-0.4, -0.2) is 68.8 Å². The number of ether oxygens (including phenoxy) is 3. The van der Waals surface area contributed by atoms with Crippen molar-refractivity contribution >= 4 is 16.9 Å². The number of aromatic hydroxyl groups is 1. The molecule has 2 unspecified atom stereocenters. The molecule has 0 radical (unpaired) electrons. The van der Waals surface area contributed by atoms with Crippen LogP contribution in [0, 0.1) is 5.41 Å². The van der Waals surface area contributed by atoms with E-state index >= 15 is 0 Å². The molecule has 3 aromatic rings. The van der Waals surface area contributed by atoms with Crippen molar-refractivity contribution in [3.8, 4) is 28.4 Å². The Morgan fingerprint density at radius 1 is 1.00 bits per heavy atom. The van der Waals surface area contributed by atoms with E-state index in [2.05, 4.69) is 32.9 Å². The Hall–Kier alpha value is -4.78. The van der Waals surface area contributed by atoms with Gasteiger partial charge in [-0.15, -0.1) is 0 Å². The van der Waals surface area contributed by atoms with Gasteiger partial charge in [0.25, 0.3) is 0 Å². The summed E-state index contributed by atoms with van der Waals surface area (Å²) in [5, 5.41) is 50.3. The summed E-state index contributed by atoms with van der Waals surface area (Å²) in [4.78, 5) is 26.0. The predicted molar refractivity (Wildman–Crippen MR) is 196 cm³/mol. The molecule has 11 heteroatoms. The third-order valence-corrected chi connectivity index (χ3v) is 9.43. The van der Waals surface area contributed by atoms with Crippen LogP contribution in [0.1, 0.15) is 53.9 Å². The monoisotopic (exact) mass is 714 g/mol. The summed E-state index contributed by atoms with van der Waals surface area (Å²) in [5.74, 6) is -0.842. The molecule has 2 aromatic carbocycles. The largest absolute Gasteiger partial charge is 0.507 e. The summed E-state index contributed by atoms with van der Waals surface area (Å²) in [6.07, 6.45) is 8.62. The highest BCUT2D eigenvalue weighted by Crippen LogP contribution is 2.41. The maximum Gasteiger partial charge on any atom is 0.336 e. The molecule has 2 aliphatic rings. The number of rotatable bonds is 10. The molecule has 5 atom stereocenters. The van der Waals surface area contributed by atoms with E-state index in [0.717, 1.165) is 18.1 Å². The lowest BCUT2D eigenvalue weighted by Crippen LogP contribution is -2.60. The topological polar surface area (TPSA) is 176 Å². The molecule has 5 rings (SSSR count). The van der Waals surface area contributed by atoms with E-state index in [1.165, 1.54) is 54.5 Å². The number of carbonyl (C=O) groups excluding carboxylic acids is 1. The molecule has 52 heavy (non-hydrogen) atoms. The summed E-state index contributed by atoms with van der Waals surface area (Å²) in [5.41, 5.74) is 4.83. The second-order valence-electron chi connectivity index (χ2n) is 14.0. The Kier molecular flexibility index (Phi) is 12.0. The molecule has 2 heterocycles. The van der Waals surface area contributed by atoms with Gasteiger partial charge in [0.05, 0.1) is 12.2 Å². The molecular formula is C41H46O11. The number of hydrogen-bond donors (Lipinski definition) is 5. The number of fused-ring (bicyclic) bond motifs is 1. The Morgan fingerprint density at radius 2 is 1.73 bits per heavy atom. The van der Waals surface area contributed by atoms with E-state index in [0.29, 0.717) is 11.1 Å². The lowest BCUT2D eigenvalue weighted by Gasteiger charge is -2.39. The van der Waals surface area contributed by atoms with Gasteiger partial charge in [-0.1, -0.05) is 67.5 Å². The van der Waals surface area contributed by atoms with E-state index in [-0.39, 0.29) is 33.4 Å². The van der Waals surface area contributed by atoms with Gasteiger partial charge in [0, 0.05) is 18.2 Å². The molecule has 0 spiro atoms. The summed E-state index contributed by atoms with van der Waals surface area (Å²) in [6.45, 7) is 10.00. The first-order valence-electron chi connectivity index (χ1n) is 17.2. The SMILES string of the molecule is CC1=C(/C=C/C(C)=C/C=C/C(C)=C/C(=O)Oc2ccc(-c3coc4cc(O[C@@H]5OC(CO)[C@H](O)[C@H](O)C5O)cc(O)c4c3=O)cc2)C(C)(C)CCC1. The zero-order valence-corrected chi connectivity index (χ0v) is 29.9. The van der Waals surface area contributed by atoms with Crippen molar-refractivity contribution in [2.75, 3.05) is 6.61 Å². The van der Waals surface area contributed by atoms with E-state index in [9.17, 15) is 35.1 Å². The van der Waals surface area contributed by atoms with E-state index < -0.39 is 54.5 Å². The van der Waals surface area contributed by atoms with Gasteiger partial charge >= 0.3 is 5.97 Å². The second kappa shape index (κ2) is 16.3. The van der Waals surface area contributed by atoms with Crippen LogP contribution >= 0.6 is 0 Å². The summed E-state index contributed by atoms with van der Waals surface area (Å²) >= 11 is 0. The van der Waals surface area contributed by atoms with Crippen LogP contribution in [0.25, 0.3) is 22.1 Å². The van der Waals surface area contributed by atoms with Crippen molar-refractivity contribution in [2.45, 2.75) is 84.6 Å². The number of esters is 1. The van der Waals surface area contributed by atoms with Crippen LogP contribution in [0.2, 0.25) is 0 Å². The first-order valence-corrected chi connectivity index (χ1v) is 17.2. The molecule has 11 nitrogen and oxygen atoms in total. The molecule has 5 N–H and O–H groups in total. The standard InChI is InChI=1S/C41H46O11/c1-23(11-16-30-25(3)10-7-17-41(30,4)5)8-6-9-24(2)18-34(44)50-27-14-12-26(13-15-27)29-22-49-32-20-28(19-31(43)35(32)36(29)45)51-40-39(48)38(47)37(46)33(21-42)52-40/h6,8-9,11-16,18-20,22,33,37-40,42-43,46-48H,7,10,17,21H2,1-5H3/b9-6+,16-11+,23-8+,24-18+/t33?,37-,38-,39?,40+/m0/s1. The van der Waals surface area contributed by atoms with Crippen LogP contribution < -0.4 is 14.9 Å². The zero-order chi connectivity index (χ0) is 37.7. The minimum atomic E-state index is -1.67. The van der Waals surface area contributed by atoms with Gasteiger partial charge in [-0.3, -0.25) is 4.79 Å². The molecule has 0 amide bonds. The average molecular weight is 715 g/mol. The number of carbonyl (C=O) groups is 1. The molecule has 276 valence electrons. The highest BCUT2D eigenvalue weighted by molar-refractivity contribution is 5.88. The third-order valence-electron chi connectivity index (χ3n) is 9.43. The van der Waals surface area contributed by atoms with Gasteiger partial charge in [0.1, 0.15) is 58.9 Å². The highest BCUT2D eigenvalue weighted by Gasteiger charge is 2.44. The minimum Gasteiger partial charge on any atom is -0.507 e. The fourth-order valence-electron chi connectivity index (χ4n) is 6.49. The predicted octanol–water partition coefficient (Wildman–Crippen LogP) is 5.78. The number of benzene rings is 2. The normalized spacial score (nSPS) is 24.2. The summed E-state index contributed by atoms with van der Waals surface area (Å²) in [7, 11) is 0. The smallest absolute Gasteiger partial charge is 0.336 e. The van der Waals surface area contributed by atoms with E-state index in [1.807, 2.05) is 25.2 Å². The van der Waals surface area contributed by atoms with Crippen LogP contribution in [0.4, 0.5) is 0 Å². The van der Waals surface area contributed by atoms with Gasteiger partial charge in [0.15, 0.2) is 0 Å². The number of aliphatic hydroxyl groups is 4. The molecule has 1 aromatic heterocycles. The molecule has 1 aliphatic carbocycles. The highest BCUT2D eigenvalue weighted by atomic mass is 16.7. The zero-order valence-electron chi connectivity index (χ0n) is 29.9. The Morgan fingerprint density at radius 3 is 2.42 bits per heavy atom. The average Bonchev–Trinajstić information content (AvgIpc) is 3.08. The van der Waals surface area contributed by atoms with E-state index in [4.69, 9.17) is 18.6 Å². The third kappa shape index (κ3) is 8.80. The molecule has 1 fully saturated rings. The van der Waals surface area contributed by atoms with Crippen molar-refractivity contribution < 1.29 is 49.0 Å². The van der Waals surface area contributed by atoms with Crippen molar-refractivity contribution in [1.29, 1.82) is 0 Å². The van der Waals surface area contributed by atoms with Crippen molar-refractivity contribution in [3.05, 3.63) is 112 Å². The van der Waals surface area contributed by atoms with Crippen molar-refractivity contribution in [3.63, 3.8) is 0 Å². The number of phenolic OH excluding ortho intramolecular Hbond substituents is 1. The summed E-state index contributed by atoms with van der Waals surface area (Å²) < 4.78 is 22.0. The molecular weight excluding hydrogens is 668 g/mol. The molecule has 0 bridgehead atoms. The van der Waals surface area contributed by atoms with Gasteiger partial charge in [-0.25, -0.2) is 4.79 Å². The lowest BCUT2D eigenvalue weighted by atomic mass is 9.72. The molecule has 1 aliphatic heterocycles.